The number of amides is 2. The Morgan fingerprint density at radius 2 is 1.53 bits per heavy atom. The fraction of sp³-hybridized carbons (Fsp3) is 0.310. The molecule has 0 bridgehead atoms. The second-order valence-corrected chi connectivity index (χ2v) is 9.17. The van der Waals surface area contributed by atoms with Crippen LogP contribution in [0, 0.1) is 5.92 Å². The van der Waals surface area contributed by atoms with Crippen molar-refractivity contribution < 1.29 is 19.1 Å². The molecule has 0 saturated heterocycles. The Morgan fingerprint density at radius 3 is 2.11 bits per heavy atom. The molecule has 0 saturated carbocycles. The molecule has 36 heavy (non-hydrogen) atoms. The third-order valence-electron chi connectivity index (χ3n) is 5.51. The highest BCUT2D eigenvalue weighted by Crippen LogP contribution is 2.30. The maximum Gasteiger partial charge on any atom is 0.246 e. The van der Waals surface area contributed by atoms with Crippen molar-refractivity contribution in [1.82, 2.24) is 4.90 Å². The van der Waals surface area contributed by atoms with E-state index in [1.165, 1.54) is 6.92 Å². The minimum atomic E-state index is -0.525. The van der Waals surface area contributed by atoms with Gasteiger partial charge in [0.15, 0.2) is 11.5 Å². The van der Waals surface area contributed by atoms with Crippen LogP contribution in [-0.4, -0.2) is 37.5 Å². The van der Waals surface area contributed by atoms with Crippen LogP contribution in [0.25, 0.3) is 0 Å². The van der Waals surface area contributed by atoms with Crippen LogP contribution < -0.4 is 20.1 Å². The van der Waals surface area contributed by atoms with Gasteiger partial charge in [-0.2, -0.15) is 0 Å². The molecule has 0 aliphatic carbocycles. The van der Waals surface area contributed by atoms with Gasteiger partial charge in [0.05, 0.1) is 13.7 Å². The van der Waals surface area contributed by atoms with E-state index in [4.69, 9.17) is 9.47 Å². The van der Waals surface area contributed by atoms with Gasteiger partial charge >= 0.3 is 0 Å². The van der Waals surface area contributed by atoms with Crippen molar-refractivity contribution in [1.29, 1.82) is 0 Å². The summed E-state index contributed by atoms with van der Waals surface area (Å²) in [5.74, 6) is 1.47. The Kier molecular flexibility index (Phi) is 9.47. The minimum absolute atomic E-state index is 0.145. The minimum Gasteiger partial charge on any atom is -0.493 e. The summed E-state index contributed by atoms with van der Waals surface area (Å²) in [7, 11) is 3.55. The zero-order chi connectivity index (χ0) is 26.1. The van der Waals surface area contributed by atoms with Crippen LogP contribution >= 0.6 is 0 Å². The van der Waals surface area contributed by atoms with Crippen LogP contribution in [0.2, 0.25) is 0 Å². The van der Waals surface area contributed by atoms with Gasteiger partial charge in [0, 0.05) is 24.8 Å². The summed E-state index contributed by atoms with van der Waals surface area (Å²) in [6.45, 7) is 6.77. The zero-order valence-electron chi connectivity index (χ0n) is 21.6. The average molecular weight is 490 g/mol. The number of nitrogens with one attached hydrogen (secondary N) is 2. The number of methoxy groups -OCH3 is 1. The number of nitrogens with zero attached hydrogens (tertiary/aromatic N) is 1. The van der Waals surface area contributed by atoms with Crippen molar-refractivity contribution in [2.45, 2.75) is 33.4 Å². The predicted octanol–water partition coefficient (Wildman–Crippen LogP) is 5.50. The van der Waals surface area contributed by atoms with E-state index in [2.05, 4.69) is 24.5 Å². The Morgan fingerprint density at radius 1 is 0.889 bits per heavy atom. The quantitative estimate of drug-likeness (QED) is 0.372. The molecule has 3 rings (SSSR count). The van der Waals surface area contributed by atoms with E-state index in [9.17, 15) is 9.59 Å². The third-order valence-corrected chi connectivity index (χ3v) is 5.51. The van der Waals surface area contributed by atoms with Gasteiger partial charge in [-0.05, 0) is 60.5 Å². The predicted molar refractivity (Wildman–Crippen MR) is 143 cm³/mol. The summed E-state index contributed by atoms with van der Waals surface area (Å²) in [6.07, 6.45) is 0. The van der Waals surface area contributed by atoms with Crippen LogP contribution in [0.15, 0.2) is 72.8 Å². The molecular weight excluding hydrogens is 454 g/mol. The molecule has 2 N–H and O–H groups in total. The Balaban J connectivity index is 1.80. The van der Waals surface area contributed by atoms with Gasteiger partial charge in [0.1, 0.15) is 6.04 Å². The first-order valence-electron chi connectivity index (χ1n) is 12.0. The molecular formula is C29H35N3O4. The van der Waals surface area contributed by atoms with Crippen molar-refractivity contribution in [3.63, 3.8) is 0 Å². The Hall–Kier alpha value is -3.84. The fourth-order valence-electron chi connectivity index (χ4n) is 3.86. The summed E-state index contributed by atoms with van der Waals surface area (Å²) in [4.78, 5) is 26.8. The average Bonchev–Trinajstić information content (AvgIpc) is 2.84. The number of likely N-dealkylation sites (N-methyl/N-ethyl adjacent to an activating group) is 1. The summed E-state index contributed by atoms with van der Waals surface area (Å²) >= 11 is 0. The molecule has 3 aromatic rings. The lowest BCUT2D eigenvalue weighted by atomic mass is 10.0. The smallest absolute Gasteiger partial charge is 0.246 e. The monoisotopic (exact) mass is 489 g/mol. The van der Waals surface area contributed by atoms with Gasteiger partial charge < -0.3 is 20.1 Å². The topological polar surface area (TPSA) is 79.9 Å². The van der Waals surface area contributed by atoms with Crippen LogP contribution in [0.4, 0.5) is 11.4 Å². The highest BCUT2D eigenvalue weighted by atomic mass is 16.5. The highest BCUT2D eigenvalue weighted by Gasteiger charge is 2.26. The van der Waals surface area contributed by atoms with E-state index >= 15 is 0 Å². The third kappa shape index (κ3) is 7.58. The highest BCUT2D eigenvalue weighted by molar-refractivity contribution is 5.96. The van der Waals surface area contributed by atoms with Crippen LogP contribution in [0.5, 0.6) is 11.5 Å². The standard InChI is InChI=1S/C29H35N3O4/c1-20(2)19-36-27-17-22(11-16-26(27)35-5)18-32(4)28(23-9-7-6-8-10-23)29(34)31-25-14-12-24(13-15-25)30-21(3)33/h6-17,20,28H,18-19H2,1-5H3,(H,30,33)(H,31,34). The molecule has 190 valence electrons. The van der Waals surface area contributed by atoms with Crippen LogP contribution in [0.1, 0.15) is 37.9 Å². The molecule has 0 radical (unpaired) electrons. The second-order valence-electron chi connectivity index (χ2n) is 9.17. The number of hydrogen-bond acceptors (Lipinski definition) is 5. The zero-order valence-corrected chi connectivity index (χ0v) is 21.6. The fourth-order valence-corrected chi connectivity index (χ4v) is 3.86. The number of carbonyl (C=O) groups is 2. The van der Waals surface area contributed by atoms with Gasteiger partial charge in [-0.3, -0.25) is 14.5 Å². The van der Waals surface area contributed by atoms with Gasteiger partial charge in [0.25, 0.3) is 0 Å². The molecule has 2 amide bonds. The first-order chi connectivity index (χ1) is 17.3. The molecule has 7 nitrogen and oxygen atoms in total. The number of carbonyl (C=O) groups excluding carboxylic acids is 2. The van der Waals surface area contributed by atoms with E-state index in [0.29, 0.717) is 41.9 Å². The largest absolute Gasteiger partial charge is 0.493 e. The summed E-state index contributed by atoms with van der Waals surface area (Å²) in [6, 6.07) is 22.1. The van der Waals surface area contributed by atoms with E-state index in [-0.39, 0.29) is 11.8 Å². The first-order valence-corrected chi connectivity index (χ1v) is 12.0. The number of hydrogen-bond donors (Lipinski definition) is 2. The molecule has 0 spiro atoms. The number of ether oxygens (including phenoxy) is 2. The van der Waals surface area contributed by atoms with E-state index < -0.39 is 6.04 Å². The maximum absolute atomic E-state index is 13.5. The molecule has 0 heterocycles. The van der Waals surface area contributed by atoms with Crippen molar-refractivity contribution in [2.24, 2.45) is 5.92 Å². The molecule has 1 unspecified atom stereocenters. The number of benzene rings is 3. The number of rotatable bonds is 11. The van der Waals surface area contributed by atoms with Crippen molar-refractivity contribution in [2.75, 3.05) is 31.4 Å². The lowest BCUT2D eigenvalue weighted by Crippen LogP contribution is -2.34. The summed E-state index contributed by atoms with van der Waals surface area (Å²) < 4.78 is 11.4. The number of anilines is 2. The Bertz CT molecular complexity index is 1150. The lowest BCUT2D eigenvalue weighted by Gasteiger charge is -2.28. The summed E-state index contributed by atoms with van der Waals surface area (Å²) in [5, 5.41) is 5.74. The normalized spacial score (nSPS) is 11.8. The van der Waals surface area contributed by atoms with Crippen LogP contribution in [0.3, 0.4) is 0 Å². The molecule has 0 aromatic heterocycles. The van der Waals surface area contributed by atoms with Gasteiger partial charge in [-0.1, -0.05) is 50.2 Å². The molecule has 3 aromatic carbocycles. The van der Waals surface area contributed by atoms with Crippen LogP contribution in [-0.2, 0) is 16.1 Å². The lowest BCUT2D eigenvalue weighted by molar-refractivity contribution is -0.121. The Labute approximate surface area is 213 Å². The molecule has 1 atom stereocenters. The van der Waals surface area contributed by atoms with E-state index in [1.54, 1.807) is 31.4 Å². The van der Waals surface area contributed by atoms with Gasteiger partial charge in [0.2, 0.25) is 11.8 Å². The van der Waals surface area contributed by atoms with Crippen molar-refractivity contribution in [3.05, 3.63) is 83.9 Å². The molecule has 7 heteroatoms. The maximum atomic E-state index is 13.5. The molecule has 0 aliphatic heterocycles. The first kappa shape index (κ1) is 26.8. The summed E-state index contributed by atoms with van der Waals surface area (Å²) in [5.41, 5.74) is 3.21. The van der Waals surface area contributed by atoms with Crippen molar-refractivity contribution in [3.8, 4) is 11.5 Å². The molecule has 0 fully saturated rings. The van der Waals surface area contributed by atoms with E-state index in [0.717, 1.165) is 11.1 Å². The SMILES string of the molecule is COc1ccc(CN(C)C(C(=O)Nc2ccc(NC(C)=O)cc2)c2ccccc2)cc1OCC(C)C. The van der Waals surface area contributed by atoms with Gasteiger partial charge in [-0.15, -0.1) is 0 Å². The van der Waals surface area contributed by atoms with E-state index in [1.807, 2.05) is 60.5 Å². The second kappa shape index (κ2) is 12.7. The van der Waals surface area contributed by atoms with Crippen molar-refractivity contribution >= 4 is 23.2 Å². The van der Waals surface area contributed by atoms with Gasteiger partial charge in [-0.25, -0.2) is 0 Å². The molecule has 0 aliphatic rings.